The first-order valence-electron chi connectivity index (χ1n) is 9.71. The van der Waals surface area contributed by atoms with E-state index < -0.39 is 18.6 Å². The Morgan fingerprint density at radius 2 is 1.97 bits per heavy atom. The number of carbonyl (C=O) groups is 2. The van der Waals surface area contributed by atoms with Crippen LogP contribution in [0.25, 0.3) is 0 Å². The summed E-state index contributed by atoms with van der Waals surface area (Å²) >= 11 is 0. The van der Waals surface area contributed by atoms with Crippen molar-refractivity contribution in [3.63, 3.8) is 0 Å². The molecule has 2 saturated heterocycles. The van der Waals surface area contributed by atoms with E-state index in [9.17, 15) is 22.8 Å². The lowest BCUT2D eigenvalue weighted by Gasteiger charge is -2.25. The van der Waals surface area contributed by atoms with Crippen LogP contribution in [0.4, 0.5) is 18.9 Å². The van der Waals surface area contributed by atoms with Crippen molar-refractivity contribution in [2.24, 2.45) is 5.92 Å². The molecule has 0 bridgehead atoms. The number of halogens is 3. The minimum Gasteiger partial charge on any atom is -0.495 e. The number of carbonyl (C=O) groups excluding carboxylic acids is 2. The van der Waals surface area contributed by atoms with Crippen LogP contribution in [0.5, 0.6) is 5.75 Å². The third-order valence-corrected chi connectivity index (χ3v) is 5.40. The largest absolute Gasteiger partial charge is 0.495 e. The van der Waals surface area contributed by atoms with Gasteiger partial charge in [-0.15, -0.1) is 0 Å². The van der Waals surface area contributed by atoms with E-state index in [-0.39, 0.29) is 37.9 Å². The van der Waals surface area contributed by atoms with Crippen molar-refractivity contribution in [2.75, 3.05) is 51.3 Å². The average molecular weight is 413 g/mol. The van der Waals surface area contributed by atoms with Gasteiger partial charge < -0.3 is 14.5 Å². The Balaban J connectivity index is 1.66. The van der Waals surface area contributed by atoms with Crippen molar-refractivity contribution < 1.29 is 27.5 Å². The number of amides is 2. The third kappa shape index (κ3) is 5.20. The Morgan fingerprint density at radius 1 is 1.21 bits per heavy atom. The van der Waals surface area contributed by atoms with Crippen LogP contribution in [0, 0.1) is 12.8 Å². The normalized spacial score (nSPS) is 21.4. The van der Waals surface area contributed by atoms with Crippen molar-refractivity contribution in [3.8, 4) is 5.75 Å². The highest BCUT2D eigenvalue weighted by molar-refractivity contribution is 6.01. The maximum absolute atomic E-state index is 13.0. The first kappa shape index (κ1) is 21.4. The maximum Gasteiger partial charge on any atom is 0.401 e. The molecule has 2 aliphatic rings. The first-order chi connectivity index (χ1) is 13.7. The lowest BCUT2D eigenvalue weighted by Crippen LogP contribution is -2.41. The van der Waals surface area contributed by atoms with E-state index >= 15 is 0 Å². The van der Waals surface area contributed by atoms with E-state index in [1.807, 2.05) is 19.1 Å². The summed E-state index contributed by atoms with van der Waals surface area (Å²) in [6.07, 6.45) is -3.67. The number of anilines is 1. The van der Waals surface area contributed by atoms with Crippen LogP contribution < -0.4 is 9.64 Å². The number of alkyl halides is 3. The molecule has 0 N–H and O–H groups in total. The SMILES string of the molecule is COc1ccc(C)cc1N1CC(C(=O)N2CCCN(CC(F)(F)F)CC2)CC1=O. The summed E-state index contributed by atoms with van der Waals surface area (Å²) in [5.74, 6) is -0.251. The van der Waals surface area contributed by atoms with Gasteiger partial charge in [-0.3, -0.25) is 14.5 Å². The third-order valence-electron chi connectivity index (χ3n) is 5.40. The monoisotopic (exact) mass is 413 g/mol. The van der Waals surface area contributed by atoms with Gasteiger partial charge in [-0.25, -0.2) is 0 Å². The minimum atomic E-state index is -4.25. The molecule has 0 saturated carbocycles. The smallest absolute Gasteiger partial charge is 0.401 e. The molecule has 2 amide bonds. The number of nitrogens with zero attached hydrogens (tertiary/aromatic N) is 3. The minimum absolute atomic E-state index is 0.0959. The van der Waals surface area contributed by atoms with Crippen molar-refractivity contribution in [2.45, 2.75) is 25.9 Å². The molecule has 29 heavy (non-hydrogen) atoms. The number of hydrogen-bond donors (Lipinski definition) is 0. The fraction of sp³-hybridized carbons (Fsp3) is 0.600. The summed E-state index contributed by atoms with van der Waals surface area (Å²) in [5, 5.41) is 0. The van der Waals surface area contributed by atoms with Crippen molar-refractivity contribution >= 4 is 17.5 Å². The Morgan fingerprint density at radius 3 is 2.66 bits per heavy atom. The van der Waals surface area contributed by atoms with E-state index in [0.29, 0.717) is 30.9 Å². The molecule has 1 unspecified atom stereocenters. The van der Waals surface area contributed by atoms with E-state index in [2.05, 4.69) is 0 Å². The van der Waals surface area contributed by atoms with Crippen LogP contribution in [0.2, 0.25) is 0 Å². The molecule has 2 fully saturated rings. The quantitative estimate of drug-likeness (QED) is 0.761. The van der Waals surface area contributed by atoms with Gasteiger partial charge in [0, 0.05) is 39.1 Å². The van der Waals surface area contributed by atoms with Gasteiger partial charge in [-0.05, 0) is 31.0 Å². The Hall–Kier alpha value is -2.29. The van der Waals surface area contributed by atoms with Crippen LogP contribution in [-0.2, 0) is 9.59 Å². The highest BCUT2D eigenvalue weighted by atomic mass is 19.4. The lowest BCUT2D eigenvalue weighted by molar-refractivity contribution is -0.145. The number of aryl methyl sites for hydroxylation is 1. The molecule has 2 aliphatic heterocycles. The number of ether oxygens (including phenoxy) is 1. The molecule has 0 spiro atoms. The average Bonchev–Trinajstić information content (AvgIpc) is 2.88. The molecule has 160 valence electrons. The summed E-state index contributed by atoms with van der Waals surface area (Å²) in [6.45, 7) is 2.34. The van der Waals surface area contributed by atoms with E-state index in [1.165, 1.54) is 12.0 Å². The highest BCUT2D eigenvalue weighted by Crippen LogP contribution is 2.34. The lowest BCUT2D eigenvalue weighted by atomic mass is 10.1. The Labute approximate surface area is 168 Å². The molecule has 0 radical (unpaired) electrons. The fourth-order valence-electron chi connectivity index (χ4n) is 3.98. The molecule has 0 aromatic heterocycles. The summed E-state index contributed by atoms with van der Waals surface area (Å²) in [5.41, 5.74) is 1.61. The van der Waals surface area contributed by atoms with Gasteiger partial charge >= 0.3 is 6.18 Å². The van der Waals surface area contributed by atoms with Gasteiger partial charge in [0.1, 0.15) is 5.75 Å². The maximum atomic E-state index is 13.0. The summed E-state index contributed by atoms with van der Waals surface area (Å²) in [7, 11) is 1.53. The predicted octanol–water partition coefficient (Wildman–Crippen LogP) is 2.45. The van der Waals surface area contributed by atoms with Crippen LogP contribution >= 0.6 is 0 Å². The number of hydrogen-bond acceptors (Lipinski definition) is 4. The van der Waals surface area contributed by atoms with Crippen LogP contribution in [0.15, 0.2) is 18.2 Å². The van der Waals surface area contributed by atoms with E-state index in [4.69, 9.17) is 4.74 Å². The first-order valence-corrected chi connectivity index (χ1v) is 9.71. The van der Waals surface area contributed by atoms with Gasteiger partial charge in [-0.2, -0.15) is 13.2 Å². The topological polar surface area (TPSA) is 53.1 Å². The number of rotatable bonds is 4. The van der Waals surface area contributed by atoms with Crippen LogP contribution in [0.3, 0.4) is 0 Å². The van der Waals surface area contributed by atoms with E-state index in [1.54, 1.807) is 15.9 Å². The zero-order valence-electron chi connectivity index (χ0n) is 16.7. The Bertz CT molecular complexity index is 769. The van der Waals surface area contributed by atoms with Gasteiger partial charge in [0.05, 0.1) is 25.3 Å². The predicted molar refractivity (Wildman–Crippen MR) is 102 cm³/mol. The highest BCUT2D eigenvalue weighted by Gasteiger charge is 2.39. The molecule has 9 heteroatoms. The molecular formula is C20H26F3N3O3. The Kier molecular flexibility index (Phi) is 6.36. The molecule has 2 heterocycles. The van der Waals surface area contributed by atoms with Crippen LogP contribution in [-0.4, -0.2) is 74.2 Å². The zero-order chi connectivity index (χ0) is 21.2. The zero-order valence-corrected chi connectivity index (χ0v) is 16.7. The number of methoxy groups -OCH3 is 1. The molecular weight excluding hydrogens is 387 g/mol. The van der Waals surface area contributed by atoms with Crippen molar-refractivity contribution in [1.29, 1.82) is 0 Å². The second-order valence-electron chi connectivity index (χ2n) is 7.65. The van der Waals surface area contributed by atoms with Gasteiger partial charge in [0.15, 0.2) is 0 Å². The summed E-state index contributed by atoms with van der Waals surface area (Å²) < 4.78 is 43.3. The molecule has 0 aliphatic carbocycles. The molecule has 3 rings (SSSR count). The standard InChI is InChI=1S/C20H26F3N3O3/c1-14-4-5-17(29-2)16(10-14)26-12-15(11-18(26)27)19(28)25-7-3-6-24(8-9-25)13-20(21,22)23/h4-5,10,15H,3,6-9,11-13H2,1-2H3. The van der Waals surface area contributed by atoms with Gasteiger partial charge in [0.2, 0.25) is 11.8 Å². The van der Waals surface area contributed by atoms with Crippen molar-refractivity contribution in [3.05, 3.63) is 23.8 Å². The molecule has 1 aromatic rings. The second kappa shape index (κ2) is 8.61. The number of benzene rings is 1. The van der Waals surface area contributed by atoms with E-state index in [0.717, 1.165) is 5.56 Å². The fourth-order valence-corrected chi connectivity index (χ4v) is 3.98. The van der Waals surface area contributed by atoms with Crippen molar-refractivity contribution in [1.82, 2.24) is 9.80 Å². The summed E-state index contributed by atoms with van der Waals surface area (Å²) in [4.78, 5) is 30.1. The molecule has 1 aromatic carbocycles. The van der Waals surface area contributed by atoms with Gasteiger partial charge in [-0.1, -0.05) is 6.07 Å². The molecule has 1 atom stereocenters. The summed E-state index contributed by atoms with van der Waals surface area (Å²) in [6, 6.07) is 5.52. The van der Waals surface area contributed by atoms with Gasteiger partial charge in [0.25, 0.3) is 0 Å². The second-order valence-corrected chi connectivity index (χ2v) is 7.65. The van der Waals surface area contributed by atoms with Crippen LogP contribution in [0.1, 0.15) is 18.4 Å². The molecule has 6 nitrogen and oxygen atoms in total.